The van der Waals surface area contributed by atoms with Gasteiger partial charge in [0.05, 0.1) is 19.8 Å². The third-order valence-electron chi connectivity index (χ3n) is 4.22. The van der Waals surface area contributed by atoms with Gasteiger partial charge in [-0.25, -0.2) is 4.99 Å². The van der Waals surface area contributed by atoms with Crippen LogP contribution in [0.3, 0.4) is 0 Å². The van der Waals surface area contributed by atoms with Gasteiger partial charge in [0, 0.05) is 37.3 Å². The van der Waals surface area contributed by atoms with Crippen molar-refractivity contribution in [3.63, 3.8) is 0 Å². The molecule has 8 heteroatoms. The Labute approximate surface area is 188 Å². The Bertz CT molecular complexity index is 840. The summed E-state index contributed by atoms with van der Waals surface area (Å²) in [6, 6.07) is 13.2. The maximum Gasteiger partial charge on any atom is 0.251 e. The lowest BCUT2D eigenvalue weighted by molar-refractivity contribution is 0.0963. The van der Waals surface area contributed by atoms with Crippen molar-refractivity contribution < 1.29 is 14.3 Å². The summed E-state index contributed by atoms with van der Waals surface area (Å²) in [5, 5.41) is 9.15. The van der Waals surface area contributed by atoms with Gasteiger partial charge in [0.2, 0.25) is 0 Å². The number of benzene rings is 2. The minimum atomic E-state index is -0.0977. The highest BCUT2D eigenvalue weighted by atomic mass is 127. The van der Waals surface area contributed by atoms with Crippen molar-refractivity contribution in [2.75, 3.05) is 32.1 Å². The van der Waals surface area contributed by atoms with Gasteiger partial charge in [-0.15, -0.1) is 24.0 Å². The minimum absolute atomic E-state index is 0. The highest BCUT2D eigenvalue weighted by Gasteiger charge is 2.11. The molecule has 3 rings (SSSR count). The van der Waals surface area contributed by atoms with Gasteiger partial charge in [0.15, 0.2) is 17.5 Å². The molecule has 3 N–H and O–H groups in total. The zero-order chi connectivity index (χ0) is 19.8. The first kappa shape index (κ1) is 22.8. The SMILES string of the molecule is CCNC(=NCc1ccc(C(=O)NC)cc1)Nc1ccc2c(c1)OCCCO2.I. The van der Waals surface area contributed by atoms with Crippen LogP contribution in [0, 0.1) is 0 Å². The summed E-state index contributed by atoms with van der Waals surface area (Å²) in [5.41, 5.74) is 2.52. The van der Waals surface area contributed by atoms with Gasteiger partial charge in [0.1, 0.15) is 0 Å². The molecule has 2 aromatic rings. The van der Waals surface area contributed by atoms with E-state index >= 15 is 0 Å². The van der Waals surface area contributed by atoms with E-state index in [1.54, 1.807) is 19.2 Å². The monoisotopic (exact) mass is 510 g/mol. The molecule has 0 radical (unpaired) electrons. The van der Waals surface area contributed by atoms with E-state index in [9.17, 15) is 4.79 Å². The fourth-order valence-electron chi connectivity index (χ4n) is 2.76. The predicted molar refractivity (Wildman–Crippen MR) is 126 cm³/mol. The zero-order valence-electron chi connectivity index (χ0n) is 16.7. The summed E-state index contributed by atoms with van der Waals surface area (Å²) in [5.74, 6) is 2.08. The van der Waals surface area contributed by atoms with Crippen LogP contribution in [0.4, 0.5) is 5.69 Å². The van der Waals surface area contributed by atoms with E-state index in [0.717, 1.165) is 35.7 Å². The van der Waals surface area contributed by atoms with Crippen LogP contribution in [-0.2, 0) is 6.54 Å². The van der Waals surface area contributed by atoms with E-state index in [1.165, 1.54) is 0 Å². The Morgan fingerprint density at radius 3 is 2.48 bits per heavy atom. The van der Waals surface area contributed by atoms with Gasteiger partial charge in [-0.05, 0) is 36.8 Å². The van der Waals surface area contributed by atoms with Gasteiger partial charge in [-0.2, -0.15) is 0 Å². The van der Waals surface area contributed by atoms with Gasteiger partial charge in [-0.3, -0.25) is 4.79 Å². The number of guanidine groups is 1. The molecule has 0 saturated carbocycles. The van der Waals surface area contributed by atoms with Crippen molar-refractivity contribution >= 4 is 41.5 Å². The number of hydrogen-bond donors (Lipinski definition) is 3. The summed E-state index contributed by atoms with van der Waals surface area (Å²) < 4.78 is 11.4. The number of hydrogen-bond acceptors (Lipinski definition) is 4. The van der Waals surface area contributed by atoms with E-state index < -0.39 is 0 Å². The average molecular weight is 510 g/mol. The maximum atomic E-state index is 11.6. The molecule has 1 heterocycles. The van der Waals surface area contributed by atoms with E-state index in [1.807, 2.05) is 37.3 Å². The maximum absolute atomic E-state index is 11.6. The number of anilines is 1. The lowest BCUT2D eigenvalue weighted by Crippen LogP contribution is -2.30. The molecule has 1 aliphatic rings. The fraction of sp³-hybridized carbons (Fsp3) is 0.333. The molecule has 0 atom stereocenters. The second-order valence-electron chi connectivity index (χ2n) is 6.31. The average Bonchev–Trinajstić information content (AvgIpc) is 2.97. The number of aliphatic imine (C=N–C) groups is 1. The normalized spacial score (nSPS) is 13.0. The standard InChI is InChI=1S/C21H26N4O3.HI/c1-3-23-21(24-14-15-5-7-16(8-6-15)20(26)22-2)25-17-9-10-18-19(13-17)28-12-4-11-27-18;/h5-10,13H,3-4,11-12,14H2,1-2H3,(H,22,26)(H2,23,24,25);1H. The van der Waals surface area contributed by atoms with Gasteiger partial charge in [-0.1, -0.05) is 12.1 Å². The van der Waals surface area contributed by atoms with Crippen LogP contribution in [0.1, 0.15) is 29.3 Å². The molecular weight excluding hydrogens is 483 g/mol. The van der Waals surface area contributed by atoms with Crippen molar-refractivity contribution in [1.82, 2.24) is 10.6 Å². The first-order valence-corrected chi connectivity index (χ1v) is 9.45. The van der Waals surface area contributed by atoms with Crippen LogP contribution in [0.2, 0.25) is 0 Å². The molecule has 2 aromatic carbocycles. The fourth-order valence-corrected chi connectivity index (χ4v) is 2.76. The Balaban J connectivity index is 0.00000300. The van der Waals surface area contributed by atoms with Gasteiger partial charge < -0.3 is 25.4 Å². The number of halogens is 1. The van der Waals surface area contributed by atoms with Crippen LogP contribution in [0.25, 0.3) is 0 Å². The molecule has 0 spiro atoms. The number of carbonyl (C=O) groups is 1. The van der Waals surface area contributed by atoms with Crippen molar-refractivity contribution in [1.29, 1.82) is 0 Å². The number of amides is 1. The third kappa shape index (κ3) is 6.52. The Morgan fingerprint density at radius 2 is 1.79 bits per heavy atom. The lowest BCUT2D eigenvalue weighted by Gasteiger charge is -2.14. The number of rotatable bonds is 5. The summed E-state index contributed by atoms with van der Waals surface area (Å²) >= 11 is 0. The first-order valence-electron chi connectivity index (χ1n) is 9.45. The second kappa shape index (κ2) is 11.5. The van der Waals surface area contributed by atoms with E-state index in [-0.39, 0.29) is 29.9 Å². The molecule has 29 heavy (non-hydrogen) atoms. The van der Waals surface area contributed by atoms with Gasteiger partial charge >= 0.3 is 0 Å². The number of ether oxygens (including phenoxy) is 2. The zero-order valence-corrected chi connectivity index (χ0v) is 19.0. The number of nitrogens with zero attached hydrogens (tertiary/aromatic N) is 1. The van der Waals surface area contributed by atoms with Gasteiger partial charge in [0.25, 0.3) is 5.91 Å². The summed E-state index contributed by atoms with van der Waals surface area (Å²) in [7, 11) is 1.62. The minimum Gasteiger partial charge on any atom is -0.490 e. The molecule has 0 saturated heterocycles. The van der Waals surface area contributed by atoms with Crippen molar-refractivity contribution in [3.05, 3.63) is 53.6 Å². The second-order valence-corrected chi connectivity index (χ2v) is 6.31. The molecule has 0 unspecified atom stereocenters. The first-order chi connectivity index (χ1) is 13.7. The van der Waals surface area contributed by atoms with Crippen LogP contribution >= 0.6 is 24.0 Å². The molecule has 0 bridgehead atoms. The van der Waals surface area contributed by atoms with E-state index in [2.05, 4.69) is 20.9 Å². The number of nitrogens with one attached hydrogen (secondary N) is 3. The molecule has 156 valence electrons. The Kier molecular flexibility index (Phi) is 9.04. The summed E-state index contributed by atoms with van der Waals surface area (Å²) in [4.78, 5) is 16.3. The molecule has 0 aromatic heterocycles. The molecule has 1 amide bonds. The third-order valence-corrected chi connectivity index (χ3v) is 4.22. The summed E-state index contributed by atoms with van der Waals surface area (Å²) in [6.45, 7) is 4.57. The van der Waals surface area contributed by atoms with Crippen molar-refractivity contribution in [2.24, 2.45) is 4.99 Å². The smallest absolute Gasteiger partial charge is 0.251 e. The largest absolute Gasteiger partial charge is 0.490 e. The quantitative estimate of drug-likeness (QED) is 0.326. The highest BCUT2D eigenvalue weighted by Crippen LogP contribution is 2.32. The number of fused-ring (bicyclic) bond motifs is 1. The lowest BCUT2D eigenvalue weighted by atomic mass is 10.1. The predicted octanol–water partition coefficient (Wildman–Crippen LogP) is 3.40. The Hall–Kier alpha value is -2.49. The van der Waals surface area contributed by atoms with E-state index in [0.29, 0.717) is 31.3 Å². The van der Waals surface area contributed by atoms with Crippen LogP contribution in [0.5, 0.6) is 11.5 Å². The molecular formula is C21H27IN4O3. The van der Waals surface area contributed by atoms with Crippen molar-refractivity contribution in [2.45, 2.75) is 19.9 Å². The van der Waals surface area contributed by atoms with E-state index in [4.69, 9.17) is 9.47 Å². The van der Waals surface area contributed by atoms with Crippen LogP contribution < -0.4 is 25.4 Å². The Morgan fingerprint density at radius 1 is 1.07 bits per heavy atom. The molecule has 7 nitrogen and oxygen atoms in total. The van der Waals surface area contributed by atoms with Crippen LogP contribution in [0.15, 0.2) is 47.5 Å². The highest BCUT2D eigenvalue weighted by molar-refractivity contribution is 14.0. The molecule has 1 aliphatic heterocycles. The van der Waals surface area contributed by atoms with Crippen molar-refractivity contribution in [3.8, 4) is 11.5 Å². The van der Waals surface area contributed by atoms with Crippen LogP contribution in [-0.4, -0.2) is 38.7 Å². The molecule has 0 aliphatic carbocycles. The number of carbonyl (C=O) groups excluding carboxylic acids is 1. The molecule has 0 fully saturated rings. The summed E-state index contributed by atoms with van der Waals surface area (Å²) in [6.07, 6.45) is 0.875. The topological polar surface area (TPSA) is 84.0 Å².